The number of amides is 10. The van der Waals surface area contributed by atoms with Crippen molar-refractivity contribution in [3.8, 4) is 0 Å². The highest BCUT2D eigenvalue weighted by Gasteiger charge is 2.44. The van der Waals surface area contributed by atoms with Crippen LogP contribution in [-0.2, 0) is 59.2 Å². The largest absolute Gasteiger partial charge is 0.386 e. The van der Waals surface area contributed by atoms with E-state index in [1.807, 2.05) is 45.9 Å². The molecule has 3 rings (SSSR count). The fraction of sp³-hybridized carbons (Fsp3) is 0.667. The second-order valence-electron chi connectivity index (χ2n) is 24.5. The lowest BCUT2D eigenvalue weighted by Crippen LogP contribution is -2.60. The number of primary amides is 1. The van der Waals surface area contributed by atoms with Crippen molar-refractivity contribution >= 4 is 59.0 Å². The van der Waals surface area contributed by atoms with Crippen LogP contribution in [0, 0.1) is 29.6 Å². The predicted octanol–water partition coefficient (Wildman–Crippen LogP) is 3.56. The maximum atomic E-state index is 14.8. The molecule has 2 aromatic rings. The Bertz CT molecular complexity index is 2730. The molecule has 10 amide bonds. The maximum Gasteiger partial charge on any atom is 0.312 e. The number of ether oxygens (including phenoxy) is 3. The van der Waals surface area contributed by atoms with Gasteiger partial charge in [0.05, 0.1) is 68.0 Å². The lowest BCUT2D eigenvalue weighted by molar-refractivity contribution is -0.208. The molecule has 508 valence electrons. The Hall–Kier alpha value is -7.46. The fourth-order valence-corrected chi connectivity index (χ4v) is 11.3. The minimum absolute atomic E-state index is 0.0321. The first-order valence-electron chi connectivity index (χ1n) is 31.2. The number of azide groups is 1. The number of carbonyl (C=O) groups is 9. The zero-order valence-corrected chi connectivity index (χ0v) is 55.6. The number of nitrogens with one attached hydrogen (secondary N) is 7. The van der Waals surface area contributed by atoms with Crippen molar-refractivity contribution in [3.05, 3.63) is 76.2 Å². The average molecular weight is 1280 g/mol. The molecule has 28 heteroatoms. The number of aliphatic hydroxyl groups is 2. The number of carbonyl (C=O) groups excluding carboxylic acids is 9. The van der Waals surface area contributed by atoms with E-state index >= 15 is 0 Å². The topological polar surface area (TPSA) is 390 Å². The molecule has 14 atom stereocenters. The van der Waals surface area contributed by atoms with Gasteiger partial charge in [-0.05, 0) is 92.1 Å². The number of anilines is 1. The Balaban J connectivity index is 1.72. The van der Waals surface area contributed by atoms with Crippen molar-refractivity contribution in [1.82, 2.24) is 46.6 Å². The van der Waals surface area contributed by atoms with Crippen molar-refractivity contribution in [3.63, 3.8) is 0 Å². The summed E-state index contributed by atoms with van der Waals surface area (Å²) in [6.45, 7) is 19.1. The van der Waals surface area contributed by atoms with Crippen LogP contribution in [0.2, 0.25) is 0 Å². The Kier molecular flexibility index (Phi) is 32.8. The van der Waals surface area contributed by atoms with Crippen molar-refractivity contribution in [2.75, 3.05) is 53.3 Å². The molecule has 0 bridgehead atoms. The third-order valence-corrected chi connectivity index (χ3v) is 16.7. The van der Waals surface area contributed by atoms with Gasteiger partial charge < -0.3 is 77.2 Å². The van der Waals surface area contributed by atoms with E-state index in [4.69, 9.17) is 25.5 Å². The molecular weight excluding hydrogens is 1180 g/mol. The van der Waals surface area contributed by atoms with E-state index in [1.54, 1.807) is 94.8 Å². The summed E-state index contributed by atoms with van der Waals surface area (Å²) in [6.07, 6.45) is -1.94. The van der Waals surface area contributed by atoms with Gasteiger partial charge in [-0.3, -0.25) is 38.4 Å². The summed E-state index contributed by atoms with van der Waals surface area (Å²) in [5.41, 5.74) is 15.6. The van der Waals surface area contributed by atoms with Gasteiger partial charge in [0.15, 0.2) is 0 Å². The number of rotatable bonds is 38. The highest BCUT2D eigenvalue weighted by Crippen LogP contribution is 2.30. The molecule has 1 aliphatic heterocycles. The molecule has 0 radical (unpaired) electrons. The summed E-state index contributed by atoms with van der Waals surface area (Å²) in [7, 11) is 6.17. The molecule has 1 fully saturated rings. The number of aliphatic hydroxyl groups excluding tert-OH is 2. The van der Waals surface area contributed by atoms with Crippen LogP contribution in [-0.4, -0.2) is 193 Å². The van der Waals surface area contributed by atoms with Crippen molar-refractivity contribution in [2.24, 2.45) is 40.4 Å². The van der Waals surface area contributed by atoms with Gasteiger partial charge in [-0.25, -0.2) is 9.69 Å². The van der Waals surface area contributed by atoms with E-state index in [2.05, 4.69) is 47.2 Å². The molecule has 0 aromatic heterocycles. The summed E-state index contributed by atoms with van der Waals surface area (Å²) in [5, 5.41) is 44.5. The number of likely N-dealkylation sites (N-methyl/N-ethyl adjacent to an activating group) is 2. The highest BCUT2D eigenvalue weighted by atomic mass is 16.6. The summed E-state index contributed by atoms with van der Waals surface area (Å²) in [5.74, 6) is -6.41. The molecule has 91 heavy (non-hydrogen) atoms. The number of nitrogens with zero attached hydrogens (tertiary/aromatic N) is 6. The molecule has 11 N–H and O–H groups in total. The number of likely N-dealkylation sites (tertiary alicyclic amines) is 1. The summed E-state index contributed by atoms with van der Waals surface area (Å²) in [6, 6.07) is 7.32. The number of methoxy groups -OCH3 is 2. The highest BCUT2D eigenvalue weighted by molar-refractivity contribution is 5.99. The third kappa shape index (κ3) is 23.6. The first-order chi connectivity index (χ1) is 42.9. The lowest BCUT2D eigenvalue weighted by Gasteiger charge is -2.41. The SMILES string of the molecule is CC[C@H](C)[C@@H]([C@@H](CC(=O)N1CCC[C@H]1[C@H](OC)[C@@H](C)C(=O)N[C@H](C)[C@@H](O)c1ccccc1)OC)N(C)C(=O)[C@@H](NC(=O)[C@H](C(C)C)N(C)C(O)OCc1ccc(NC(=O)[C@H](CCCNC(N)=O)NC(=O)[C@@H](NC(=O)[C@@H](CN=[N+]=[N-])NC(C)=O)C(C)C)cc1)C(C)C. The van der Waals surface area contributed by atoms with Gasteiger partial charge in [-0.1, -0.05) is 116 Å². The zero-order chi connectivity index (χ0) is 68.4. The Morgan fingerprint density at radius 2 is 1.40 bits per heavy atom. The molecule has 1 saturated heterocycles. The van der Waals surface area contributed by atoms with Crippen LogP contribution in [0.25, 0.3) is 10.4 Å². The van der Waals surface area contributed by atoms with Gasteiger partial charge in [0.25, 0.3) is 0 Å². The molecule has 1 heterocycles. The standard InChI is InChI=1S/C63H102N14O14/c1-16-38(8)53(48(89-14)32-49(79)77-31-21-25-47(77)55(90-15)39(9)56(81)68-40(10)54(80)43-22-18-17-19-23-43)75(12)61(86)51(36(4)5)73-60(85)52(37(6)7)76(13)63(88)91-34-42-26-28-44(29-27-42)70-57(82)45(24-20-30-66-62(64)87)71-59(84)50(35(2)3)72-58(83)46(33-67-74-65)69-41(11)78/h17-19,22-23,26-29,35-40,45-48,50-55,63,80,88H,16,20-21,24-25,30-34H2,1-15H3,(H,68,81)(H,69,78)(H,70,82)(H,71,84)(H,72,83)(H,73,85)(H3,64,66,87)/t38-,39+,40+,45-,46+,47-,48+,50-,51-,52-,53-,54+,55+,63?/m0/s1. The quantitative estimate of drug-likeness (QED) is 0.0151. The number of nitrogens with two attached hydrogens (primary N) is 1. The van der Waals surface area contributed by atoms with E-state index in [-0.39, 0.29) is 50.1 Å². The van der Waals surface area contributed by atoms with Crippen molar-refractivity contribution < 1.29 is 67.6 Å². The normalized spacial score (nSPS) is 17.5. The van der Waals surface area contributed by atoms with E-state index < -0.39 is 145 Å². The molecular formula is C63H102N14O14. The van der Waals surface area contributed by atoms with E-state index in [1.165, 1.54) is 33.1 Å². The zero-order valence-electron chi connectivity index (χ0n) is 55.6. The summed E-state index contributed by atoms with van der Waals surface area (Å²) >= 11 is 0. The van der Waals surface area contributed by atoms with Crippen LogP contribution in [0.1, 0.15) is 132 Å². The van der Waals surface area contributed by atoms with Gasteiger partial charge in [-0.15, -0.1) is 0 Å². The molecule has 0 spiro atoms. The van der Waals surface area contributed by atoms with Crippen molar-refractivity contribution in [2.45, 2.75) is 194 Å². The Labute approximate surface area is 535 Å². The first-order valence-corrected chi connectivity index (χ1v) is 31.2. The van der Waals surface area contributed by atoms with E-state index in [0.717, 1.165) is 0 Å². The lowest BCUT2D eigenvalue weighted by atomic mass is 9.89. The van der Waals surface area contributed by atoms with Crippen LogP contribution >= 0.6 is 0 Å². The minimum atomic E-state index is -1.62. The van der Waals surface area contributed by atoms with Crippen LogP contribution < -0.4 is 43.0 Å². The molecule has 1 unspecified atom stereocenters. The van der Waals surface area contributed by atoms with Gasteiger partial charge in [0, 0.05) is 51.9 Å². The van der Waals surface area contributed by atoms with E-state index in [0.29, 0.717) is 42.6 Å². The first kappa shape index (κ1) is 77.8. The van der Waals surface area contributed by atoms with Crippen LogP contribution in [0.3, 0.4) is 0 Å². The van der Waals surface area contributed by atoms with E-state index in [9.17, 15) is 53.4 Å². The van der Waals surface area contributed by atoms with Gasteiger partial charge in [0.2, 0.25) is 53.7 Å². The van der Waals surface area contributed by atoms with Crippen LogP contribution in [0.4, 0.5) is 10.5 Å². The van der Waals surface area contributed by atoms with Crippen LogP contribution in [0.15, 0.2) is 59.7 Å². The van der Waals surface area contributed by atoms with Gasteiger partial charge >= 0.3 is 6.03 Å². The monoisotopic (exact) mass is 1280 g/mol. The molecule has 2 aromatic carbocycles. The minimum Gasteiger partial charge on any atom is -0.386 e. The maximum absolute atomic E-state index is 14.8. The Morgan fingerprint density at radius 1 is 0.769 bits per heavy atom. The van der Waals surface area contributed by atoms with Crippen molar-refractivity contribution in [1.29, 1.82) is 0 Å². The molecule has 28 nitrogen and oxygen atoms in total. The molecule has 1 aliphatic rings. The number of urea groups is 1. The second kappa shape index (κ2) is 38.4. The van der Waals surface area contributed by atoms with Gasteiger partial charge in [-0.2, -0.15) is 0 Å². The van der Waals surface area contributed by atoms with Crippen LogP contribution in [0.5, 0.6) is 0 Å². The Morgan fingerprint density at radius 3 is 1.95 bits per heavy atom. The fourth-order valence-electron chi connectivity index (χ4n) is 11.3. The predicted molar refractivity (Wildman–Crippen MR) is 341 cm³/mol. The number of hydrogen-bond donors (Lipinski definition) is 10. The summed E-state index contributed by atoms with van der Waals surface area (Å²) in [4.78, 5) is 129. The average Bonchev–Trinajstić information content (AvgIpc) is 1.91. The third-order valence-electron chi connectivity index (χ3n) is 16.7. The second-order valence-corrected chi connectivity index (χ2v) is 24.5. The number of hydrogen-bond acceptors (Lipinski definition) is 16. The molecule has 0 aliphatic carbocycles. The van der Waals surface area contributed by atoms with Gasteiger partial charge in [0.1, 0.15) is 24.2 Å². The smallest absolute Gasteiger partial charge is 0.312 e. The summed E-state index contributed by atoms with van der Waals surface area (Å²) < 4.78 is 17.9. The molecule has 0 saturated carbocycles. The number of benzene rings is 2.